The number of phenols is 2. The van der Waals surface area contributed by atoms with Crippen molar-refractivity contribution in [3.05, 3.63) is 131 Å². The quantitative estimate of drug-likeness (QED) is 0.102. The van der Waals surface area contributed by atoms with Crippen LogP contribution < -0.4 is 15.1 Å². The highest BCUT2D eigenvalue weighted by molar-refractivity contribution is 6.19. The van der Waals surface area contributed by atoms with Gasteiger partial charge >= 0.3 is 6.09 Å². The van der Waals surface area contributed by atoms with Gasteiger partial charge < -0.3 is 35.2 Å². The number of aromatic hydroxyl groups is 2. The molecule has 0 fully saturated rings. The molecular weight excluding hydrogens is 761 g/mol. The first-order valence-corrected chi connectivity index (χ1v) is 20.3. The number of alkyl carbamates (subject to hydrolysis) is 1. The maximum absolute atomic E-state index is 14.2. The molecule has 9 nitrogen and oxygen atoms in total. The number of amides is 2. The van der Waals surface area contributed by atoms with Gasteiger partial charge in [-0.15, -0.1) is 23.2 Å². The third-order valence-electron chi connectivity index (χ3n) is 12.0. The van der Waals surface area contributed by atoms with E-state index in [0.29, 0.717) is 35.2 Å². The Kier molecular flexibility index (Phi) is 9.85. The Morgan fingerprint density at radius 1 is 0.719 bits per heavy atom. The number of phenolic OH excluding ortho intramolecular Hbond substituents is 2. The molecule has 11 heteroatoms. The minimum absolute atomic E-state index is 0.0456. The fourth-order valence-corrected chi connectivity index (χ4v) is 9.85. The van der Waals surface area contributed by atoms with Crippen LogP contribution >= 0.6 is 23.2 Å². The minimum atomic E-state index is -1.32. The number of rotatable bonds is 10. The van der Waals surface area contributed by atoms with E-state index in [9.17, 15) is 24.9 Å². The predicted molar refractivity (Wildman–Crippen MR) is 225 cm³/mol. The Balaban J connectivity index is 0.999. The SMILES string of the molecule is O=C(N[C@@H](CCC(=O)N1C[C@@H](CCl)c2c1cc(O)c1ccccc21)C(O)N1C[C@@H](CCl)c2c1cc(O)c1ccccc21)OCC1c2ccccc2-c2ccccc21. The number of ether oxygens (including phenoxy) is 1. The third kappa shape index (κ3) is 6.38. The summed E-state index contributed by atoms with van der Waals surface area (Å²) in [6.07, 6.45) is -2.04. The molecule has 4 N–H and O–H groups in total. The number of benzene rings is 6. The summed E-state index contributed by atoms with van der Waals surface area (Å²) in [6.45, 7) is 0.735. The lowest BCUT2D eigenvalue weighted by Gasteiger charge is -2.33. The van der Waals surface area contributed by atoms with E-state index in [1.54, 1.807) is 21.9 Å². The van der Waals surface area contributed by atoms with Gasteiger partial charge in [-0.05, 0) is 50.6 Å². The van der Waals surface area contributed by atoms with Crippen LogP contribution in [0.4, 0.5) is 16.2 Å². The van der Waals surface area contributed by atoms with Crippen molar-refractivity contribution in [2.75, 3.05) is 41.3 Å². The summed E-state index contributed by atoms with van der Waals surface area (Å²) >= 11 is 13.0. The van der Waals surface area contributed by atoms with E-state index in [-0.39, 0.29) is 66.4 Å². The zero-order valence-electron chi connectivity index (χ0n) is 30.9. The number of hydrogen-bond acceptors (Lipinski definition) is 7. The summed E-state index contributed by atoms with van der Waals surface area (Å²) in [7, 11) is 0. The zero-order chi connectivity index (χ0) is 39.4. The third-order valence-corrected chi connectivity index (χ3v) is 12.7. The van der Waals surface area contributed by atoms with Gasteiger partial charge in [-0.25, -0.2) is 4.79 Å². The number of alkyl halides is 2. The minimum Gasteiger partial charge on any atom is -0.507 e. The van der Waals surface area contributed by atoms with E-state index in [0.717, 1.165) is 44.2 Å². The maximum Gasteiger partial charge on any atom is 0.407 e. The van der Waals surface area contributed by atoms with Crippen LogP contribution in [0.2, 0.25) is 0 Å². The molecule has 0 spiro atoms. The molecule has 2 aliphatic heterocycles. The van der Waals surface area contributed by atoms with Crippen molar-refractivity contribution >= 4 is 68.1 Å². The van der Waals surface area contributed by atoms with Gasteiger partial charge in [0.05, 0.1) is 11.7 Å². The Morgan fingerprint density at radius 3 is 1.82 bits per heavy atom. The molecule has 4 atom stereocenters. The van der Waals surface area contributed by atoms with Gasteiger partial charge in [0.15, 0.2) is 0 Å². The molecule has 6 aromatic rings. The van der Waals surface area contributed by atoms with Gasteiger partial charge in [0.1, 0.15) is 24.3 Å². The molecule has 9 rings (SSSR count). The van der Waals surface area contributed by atoms with Gasteiger partial charge in [0.25, 0.3) is 0 Å². The number of anilines is 2. The molecule has 0 radical (unpaired) electrons. The molecule has 290 valence electrons. The van der Waals surface area contributed by atoms with Crippen LogP contribution in [0.5, 0.6) is 11.5 Å². The highest BCUT2D eigenvalue weighted by Gasteiger charge is 2.40. The number of halogens is 2. The topological polar surface area (TPSA) is 123 Å². The molecule has 0 bridgehead atoms. The molecule has 0 saturated carbocycles. The number of carbonyl (C=O) groups is 2. The van der Waals surface area contributed by atoms with E-state index in [2.05, 4.69) is 17.4 Å². The Labute approximate surface area is 340 Å². The normalized spacial score (nSPS) is 17.9. The second-order valence-electron chi connectivity index (χ2n) is 15.1. The van der Waals surface area contributed by atoms with Gasteiger partial charge in [0, 0.05) is 77.6 Å². The van der Waals surface area contributed by atoms with E-state index >= 15 is 0 Å². The molecular formula is C46H41Cl2N3O6. The fourth-order valence-electron chi connectivity index (χ4n) is 9.34. The Hall–Kier alpha value is -5.48. The first-order valence-electron chi connectivity index (χ1n) is 19.2. The van der Waals surface area contributed by atoms with Gasteiger partial charge in [-0.2, -0.15) is 0 Å². The van der Waals surface area contributed by atoms with Crippen LogP contribution in [0.1, 0.15) is 52.8 Å². The number of fused-ring (bicyclic) bond motifs is 9. The smallest absolute Gasteiger partial charge is 0.407 e. The highest BCUT2D eigenvalue weighted by Crippen LogP contribution is 2.48. The van der Waals surface area contributed by atoms with Crippen molar-refractivity contribution in [3.63, 3.8) is 0 Å². The molecule has 57 heavy (non-hydrogen) atoms. The van der Waals surface area contributed by atoms with Crippen LogP contribution in [0.15, 0.2) is 109 Å². The standard InChI is InChI=1S/C46H41Cl2N3O6/c47-21-26-23-50(38-19-40(52)32-13-5-7-15-34(32)43(26)38)42(54)18-17-37(45(55)51-24-27(22-48)44-35-16-8-6-14-33(35)41(53)20-39(44)51)49-46(56)57-25-36-30-11-3-1-9-28(30)29-10-2-4-12-31(29)36/h1-16,19-20,26-27,36-37,45,52-53,55H,17-18,21-25H2,(H,49,56)/t26-,27-,37+,45?/m1/s1. The average molecular weight is 803 g/mol. The predicted octanol–water partition coefficient (Wildman–Crippen LogP) is 8.92. The number of nitrogens with one attached hydrogen (secondary N) is 1. The number of hydrogen-bond donors (Lipinski definition) is 4. The van der Waals surface area contributed by atoms with Gasteiger partial charge in [-0.1, -0.05) is 97.1 Å². The molecule has 6 aromatic carbocycles. The Bertz CT molecular complexity index is 2500. The van der Waals surface area contributed by atoms with Gasteiger partial charge in [-0.3, -0.25) is 4.79 Å². The molecule has 2 heterocycles. The molecule has 2 amide bonds. The summed E-state index contributed by atoms with van der Waals surface area (Å²) in [5, 5.41) is 40.3. The lowest BCUT2D eigenvalue weighted by molar-refractivity contribution is -0.118. The van der Waals surface area contributed by atoms with Crippen molar-refractivity contribution < 1.29 is 29.6 Å². The lowest BCUT2D eigenvalue weighted by Crippen LogP contribution is -2.52. The molecule has 0 aromatic heterocycles. The van der Waals surface area contributed by atoms with Crippen molar-refractivity contribution in [1.29, 1.82) is 0 Å². The van der Waals surface area contributed by atoms with Crippen LogP contribution in [-0.2, 0) is 9.53 Å². The first kappa shape index (κ1) is 37.1. The molecule has 1 aliphatic carbocycles. The van der Waals surface area contributed by atoms with E-state index < -0.39 is 18.4 Å². The van der Waals surface area contributed by atoms with Gasteiger partial charge in [0.2, 0.25) is 5.91 Å². The zero-order valence-corrected chi connectivity index (χ0v) is 32.5. The maximum atomic E-state index is 14.2. The van der Waals surface area contributed by atoms with Crippen LogP contribution in [0, 0.1) is 0 Å². The van der Waals surface area contributed by atoms with Crippen LogP contribution in [-0.4, -0.2) is 71.0 Å². The fraction of sp³-hybridized carbons (Fsp3) is 0.261. The first-order chi connectivity index (χ1) is 27.8. The number of aliphatic hydroxyl groups excluding tert-OH is 1. The summed E-state index contributed by atoms with van der Waals surface area (Å²) in [5.74, 6) is -0.0436. The molecule has 0 saturated heterocycles. The summed E-state index contributed by atoms with van der Waals surface area (Å²) in [6, 6.07) is 33.5. The van der Waals surface area contributed by atoms with E-state index in [1.807, 2.05) is 84.9 Å². The summed E-state index contributed by atoms with van der Waals surface area (Å²) in [5.41, 5.74) is 7.37. The van der Waals surface area contributed by atoms with Crippen molar-refractivity contribution in [3.8, 4) is 22.6 Å². The second kappa shape index (κ2) is 15.1. The summed E-state index contributed by atoms with van der Waals surface area (Å²) in [4.78, 5) is 31.4. The summed E-state index contributed by atoms with van der Waals surface area (Å²) < 4.78 is 5.93. The van der Waals surface area contributed by atoms with Crippen molar-refractivity contribution in [2.45, 2.75) is 42.9 Å². The Morgan fingerprint density at radius 2 is 1.23 bits per heavy atom. The second-order valence-corrected chi connectivity index (χ2v) is 15.8. The highest BCUT2D eigenvalue weighted by atomic mass is 35.5. The van der Waals surface area contributed by atoms with Crippen molar-refractivity contribution in [2.24, 2.45) is 0 Å². The van der Waals surface area contributed by atoms with Crippen LogP contribution in [0.25, 0.3) is 32.7 Å². The van der Waals surface area contributed by atoms with Crippen LogP contribution in [0.3, 0.4) is 0 Å². The average Bonchev–Trinajstić information content (AvgIpc) is 3.91. The number of aliphatic hydroxyl groups is 1. The number of nitrogens with zero attached hydrogens (tertiary/aromatic N) is 2. The largest absolute Gasteiger partial charge is 0.507 e. The van der Waals surface area contributed by atoms with E-state index in [4.69, 9.17) is 27.9 Å². The number of carbonyl (C=O) groups excluding carboxylic acids is 2. The monoisotopic (exact) mass is 801 g/mol. The van der Waals surface area contributed by atoms with E-state index in [1.165, 1.54) is 0 Å². The van der Waals surface area contributed by atoms with Crippen molar-refractivity contribution in [1.82, 2.24) is 5.32 Å². The molecule has 1 unspecified atom stereocenters. The molecule has 3 aliphatic rings. The lowest BCUT2D eigenvalue weighted by atomic mass is 9.95.